The number of halogens is 1. The summed E-state index contributed by atoms with van der Waals surface area (Å²) in [4.78, 5) is 14.7. The van der Waals surface area contributed by atoms with Gasteiger partial charge in [-0.2, -0.15) is 0 Å². The number of carbonyl (C=O) groups is 1. The molecule has 0 atom stereocenters. The second-order valence-corrected chi connectivity index (χ2v) is 3.95. The number of carbonyl (C=O) groups excluding carboxylic acids is 1. The van der Waals surface area contributed by atoms with Crippen molar-refractivity contribution in [3.63, 3.8) is 0 Å². The first-order valence-electron chi connectivity index (χ1n) is 5.09. The molecule has 3 heteroatoms. The molecule has 76 valence electrons. The van der Waals surface area contributed by atoms with Crippen LogP contribution in [-0.4, -0.2) is 10.8 Å². The van der Waals surface area contributed by atoms with Crippen molar-refractivity contribution in [2.24, 2.45) is 0 Å². The number of hydrogen-bond acceptors (Lipinski definition) is 1. The third kappa shape index (κ3) is 1.19. The molecule has 0 saturated carbocycles. The maximum Gasteiger partial charge on any atom is 0.179 e. The third-order valence-electron chi connectivity index (χ3n) is 2.98. The maximum absolute atomic E-state index is 13.1. The topological polar surface area (TPSA) is 32.9 Å². The number of aromatic nitrogens is 1. The van der Waals surface area contributed by atoms with Crippen molar-refractivity contribution < 1.29 is 9.18 Å². The van der Waals surface area contributed by atoms with Crippen molar-refractivity contribution in [2.75, 3.05) is 0 Å². The molecule has 1 heterocycles. The lowest BCUT2D eigenvalue weighted by molar-refractivity contribution is 0.0968. The predicted molar refractivity (Wildman–Crippen MR) is 55.5 cm³/mol. The van der Waals surface area contributed by atoms with Crippen LogP contribution in [0, 0.1) is 5.82 Å². The second kappa shape index (κ2) is 2.92. The molecule has 0 spiro atoms. The van der Waals surface area contributed by atoms with Gasteiger partial charge in [0.2, 0.25) is 0 Å². The van der Waals surface area contributed by atoms with E-state index in [9.17, 15) is 9.18 Å². The number of rotatable bonds is 0. The summed E-state index contributed by atoms with van der Waals surface area (Å²) in [5, 5.41) is 0.859. The molecule has 0 saturated heterocycles. The summed E-state index contributed by atoms with van der Waals surface area (Å²) in [6.07, 6.45) is 2.34. The molecule has 15 heavy (non-hydrogen) atoms. The number of nitrogens with one attached hydrogen (secondary N) is 1. The Labute approximate surface area is 86.1 Å². The molecule has 0 unspecified atom stereocenters. The lowest BCUT2D eigenvalue weighted by Gasteiger charge is -2.09. The van der Waals surface area contributed by atoms with Gasteiger partial charge in [-0.15, -0.1) is 0 Å². The molecule has 0 radical (unpaired) electrons. The Hall–Kier alpha value is -1.64. The number of hydrogen-bond donors (Lipinski definition) is 1. The summed E-state index contributed by atoms with van der Waals surface area (Å²) >= 11 is 0. The summed E-state index contributed by atoms with van der Waals surface area (Å²) in [7, 11) is 0. The SMILES string of the molecule is O=C1CCCc2c1[nH]c1ccc(F)cc21. The van der Waals surface area contributed by atoms with E-state index in [0.29, 0.717) is 12.1 Å². The molecule has 1 aromatic heterocycles. The fourth-order valence-corrected chi connectivity index (χ4v) is 2.27. The highest BCUT2D eigenvalue weighted by atomic mass is 19.1. The van der Waals surface area contributed by atoms with Gasteiger partial charge in [0, 0.05) is 17.3 Å². The smallest absolute Gasteiger partial charge is 0.179 e. The zero-order valence-electron chi connectivity index (χ0n) is 8.14. The molecule has 1 aromatic carbocycles. The van der Waals surface area contributed by atoms with Gasteiger partial charge in [0.1, 0.15) is 5.82 Å². The van der Waals surface area contributed by atoms with Crippen LogP contribution in [0.1, 0.15) is 28.9 Å². The molecule has 0 aliphatic heterocycles. The molecule has 1 aliphatic carbocycles. The number of ketones is 1. The van der Waals surface area contributed by atoms with Gasteiger partial charge in [-0.25, -0.2) is 4.39 Å². The first kappa shape index (κ1) is 8.65. The Balaban J connectivity index is 2.36. The zero-order chi connectivity index (χ0) is 10.4. The molecule has 0 amide bonds. The van der Waals surface area contributed by atoms with E-state index >= 15 is 0 Å². The fourth-order valence-electron chi connectivity index (χ4n) is 2.27. The number of H-pyrrole nitrogens is 1. The maximum atomic E-state index is 13.1. The normalized spacial score (nSPS) is 15.7. The minimum Gasteiger partial charge on any atom is -0.352 e. The number of Topliss-reactive ketones (excluding diaryl/α,β-unsaturated/α-hetero) is 1. The van der Waals surface area contributed by atoms with Crippen molar-refractivity contribution in [1.29, 1.82) is 0 Å². The molecule has 0 bridgehead atoms. The van der Waals surface area contributed by atoms with Gasteiger partial charge in [0.05, 0.1) is 5.69 Å². The van der Waals surface area contributed by atoms with Crippen LogP contribution in [0.2, 0.25) is 0 Å². The van der Waals surface area contributed by atoms with E-state index in [1.54, 1.807) is 6.07 Å². The zero-order valence-corrected chi connectivity index (χ0v) is 8.14. The Morgan fingerprint density at radius 2 is 2.13 bits per heavy atom. The van der Waals surface area contributed by atoms with Gasteiger partial charge < -0.3 is 4.98 Å². The van der Waals surface area contributed by atoms with E-state index in [0.717, 1.165) is 29.3 Å². The van der Waals surface area contributed by atoms with Crippen molar-refractivity contribution in [2.45, 2.75) is 19.3 Å². The molecule has 2 aromatic rings. The van der Waals surface area contributed by atoms with Crippen LogP contribution in [-0.2, 0) is 6.42 Å². The molecule has 3 rings (SSSR count). The molecule has 0 fully saturated rings. The number of benzene rings is 1. The van der Waals surface area contributed by atoms with Crippen LogP contribution in [0.5, 0.6) is 0 Å². The Bertz CT molecular complexity index is 556. The molecule has 2 nitrogen and oxygen atoms in total. The van der Waals surface area contributed by atoms with Gasteiger partial charge in [0.15, 0.2) is 5.78 Å². The van der Waals surface area contributed by atoms with E-state index in [1.165, 1.54) is 12.1 Å². The molecule has 1 N–H and O–H groups in total. The van der Waals surface area contributed by atoms with Crippen LogP contribution in [0.3, 0.4) is 0 Å². The van der Waals surface area contributed by atoms with Crippen LogP contribution < -0.4 is 0 Å². The van der Waals surface area contributed by atoms with Gasteiger partial charge in [-0.3, -0.25) is 4.79 Å². The van der Waals surface area contributed by atoms with E-state index < -0.39 is 0 Å². The van der Waals surface area contributed by atoms with Crippen molar-refractivity contribution in [1.82, 2.24) is 4.98 Å². The van der Waals surface area contributed by atoms with Crippen LogP contribution >= 0.6 is 0 Å². The van der Waals surface area contributed by atoms with E-state index in [2.05, 4.69) is 4.98 Å². The fraction of sp³-hybridized carbons (Fsp3) is 0.250. The summed E-state index contributed by atoms with van der Waals surface area (Å²) < 4.78 is 13.1. The highest BCUT2D eigenvalue weighted by Gasteiger charge is 2.21. The van der Waals surface area contributed by atoms with Gasteiger partial charge in [-0.1, -0.05) is 0 Å². The molecule has 1 aliphatic rings. The van der Waals surface area contributed by atoms with Gasteiger partial charge >= 0.3 is 0 Å². The van der Waals surface area contributed by atoms with E-state index in [4.69, 9.17) is 0 Å². The van der Waals surface area contributed by atoms with Crippen LogP contribution in [0.4, 0.5) is 4.39 Å². The van der Waals surface area contributed by atoms with Gasteiger partial charge in [0.25, 0.3) is 0 Å². The number of aryl methyl sites for hydroxylation is 1. The van der Waals surface area contributed by atoms with E-state index in [-0.39, 0.29) is 11.6 Å². The number of fused-ring (bicyclic) bond motifs is 3. The van der Waals surface area contributed by atoms with E-state index in [1.807, 2.05) is 0 Å². The van der Waals surface area contributed by atoms with Crippen LogP contribution in [0.25, 0.3) is 10.9 Å². The van der Waals surface area contributed by atoms with Crippen LogP contribution in [0.15, 0.2) is 18.2 Å². The lowest BCUT2D eigenvalue weighted by atomic mass is 9.95. The first-order valence-corrected chi connectivity index (χ1v) is 5.09. The van der Waals surface area contributed by atoms with Crippen molar-refractivity contribution in [3.05, 3.63) is 35.3 Å². The summed E-state index contributed by atoms with van der Waals surface area (Å²) in [5.74, 6) is -0.102. The highest BCUT2D eigenvalue weighted by molar-refractivity contribution is 6.03. The summed E-state index contributed by atoms with van der Waals surface area (Å²) in [5.41, 5.74) is 2.53. The molecular weight excluding hydrogens is 193 g/mol. The monoisotopic (exact) mass is 203 g/mol. The molecular formula is C12H10FNO. The summed E-state index contributed by atoms with van der Waals surface area (Å²) in [6.45, 7) is 0. The highest BCUT2D eigenvalue weighted by Crippen LogP contribution is 2.29. The van der Waals surface area contributed by atoms with Crippen molar-refractivity contribution in [3.8, 4) is 0 Å². The lowest BCUT2D eigenvalue weighted by Crippen LogP contribution is -2.09. The minimum absolute atomic E-state index is 0.146. The third-order valence-corrected chi connectivity index (χ3v) is 2.98. The van der Waals surface area contributed by atoms with Gasteiger partial charge in [-0.05, 0) is 36.6 Å². The number of aromatic amines is 1. The predicted octanol–water partition coefficient (Wildman–Crippen LogP) is 2.83. The average Bonchev–Trinajstić information content (AvgIpc) is 2.58. The second-order valence-electron chi connectivity index (χ2n) is 3.95. The minimum atomic E-state index is -0.248. The summed E-state index contributed by atoms with van der Waals surface area (Å²) in [6, 6.07) is 4.61. The van der Waals surface area contributed by atoms with Crippen molar-refractivity contribution >= 4 is 16.7 Å². The Kier molecular flexibility index (Phi) is 1.69. The standard InChI is InChI=1S/C12H10FNO/c13-7-4-5-10-9(6-7)8-2-1-3-11(15)12(8)14-10/h4-6,14H,1-3H2. The average molecular weight is 203 g/mol. The Morgan fingerprint density at radius 1 is 1.27 bits per heavy atom. The quantitative estimate of drug-likeness (QED) is 0.701. The first-order chi connectivity index (χ1) is 7.25. The largest absolute Gasteiger partial charge is 0.352 e. The Morgan fingerprint density at radius 3 is 3.00 bits per heavy atom.